The Morgan fingerprint density at radius 1 is 1.22 bits per heavy atom. The fraction of sp³-hybridized carbons (Fsp3) is 0.462. The Hall–Kier alpha value is -2.20. The second kappa shape index (κ2) is 7.38. The van der Waals surface area contributed by atoms with Crippen LogP contribution < -0.4 is 15.4 Å². The van der Waals surface area contributed by atoms with Crippen LogP contribution in [0.1, 0.15) is 12.6 Å². The Labute approximate surface area is 135 Å². The van der Waals surface area contributed by atoms with Gasteiger partial charge in [-0.25, -0.2) is 23.1 Å². The summed E-state index contributed by atoms with van der Waals surface area (Å²) < 4.78 is 28.1. The third-order valence-electron chi connectivity index (χ3n) is 2.87. The summed E-state index contributed by atoms with van der Waals surface area (Å²) in [5.41, 5.74) is 0.826. The molecule has 0 aliphatic rings. The summed E-state index contributed by atoms with van der Waals surface area (Å²) in [6.07, 6.45) is 2.89. The summed E-state index contributed by atoms with van der Waals surface area (Å²) in [5.74, 6) is 1.19. The van der Waals surface area contributed by atoms with Gasteiger partial charge < -0.3 is 15.2 Å². The van der Waals surface area contributed by atoms with Crippen LogP contribution in [0, 0.1) is 6.92 Å². The molecule has 0 aliphatic heterocycles. The molecule has 2 rings (SSSR count). The lowest BCUT2D eigenvalue weighted by Crippen LogP contribution is -2.29. The van der Waals surface area contributed by atoms with Gasteiger partial charge in [-0.15, -0.1) is 0 Å². The third kappa shape index (κ3) is 4.89. The summed E-state index contributed by atoms with van der Waals surface area (Å²) in [5, 5.41) is 6.12. The normalized spacial score (nSPS) is 11.4. The third-order valence-corrected chi connectivity index (χ3v) is 4.21. The first kappa shape index (κ1) is 17.2. The van der Waals surface area contributed by atoms with Crippen molar-refractivity contribution in [1.29, 1.82) is 0 Å². The number of rotatable bonds is 8. The van der Waals surface area contributed by atoms with Gasteiger partial charge in [0.1, 0.15) is 5.82 Å². The Morgan fingerprint density at radius 2 is 2.00 bits per heavy atom. The van der Waals surface area contributed by atoms with Crippen molar-refractivity contribution in [2.75, 3.05) is 30.3 Å². The standard InChI is InChI=1S/C13H21N7O2S/c1-4-14-13-18-10(2)7-11(19-13)15-5-6-17-23(21,22)12-8-20(3)9-16-12/h7-9,17H,4-6H2,1-3H3,(H2,14,15,18,19). The molecule has 9 nitrogen and oxygen atoms in total. The number of nitrogens with zero attached hydrogens (tertiary/aromatic N) is 4. The Morgan fingerprint density at radius 3 is 2.65 bits per heavy atom. The number of hydrogen-bond donors (Lipinski definition) is 3. The lowest BCUT2D eigenvalue weighted by atomic mass is 10.4. The van der Waals surface area contributed by atoms with Crippen LogP contribution in [-0.2, 0) is 17.1 Å². The van der Waals surface area contributed by atoms with E-state index in [1.165, 1.54) is 12.5 Å². The van der Waals surface area contributed by atoms with E-state index in [2.05, 4.69) is 30.3 Å². The number of imidazole rings is 1. The van der Waals surface area contributed by atoms with Crippen molar-refractivity contribution >= 4 is 21.8 Å². The summed E-state index contributed by atoms with van der Waals surface area (Å²) in [4.78, 5) is 12.4. The van der Waals surface area contributed by atoms with Gasteiger partial charge in [0, 0.05) is 44.6 Å². The molecule has 0 saturated carbocycles. The number of hydrogen-bond acceptors (Lipinski definition) is 7. The van der Waals surface area contributed by atoms with Crippen LogP contribution >= 0.6 is 0 Å². The molecule has 0 spiro atoms. The quantitative estimate of drug-likeness (QED) is 0.594. The van der Waals surface area contributed by atoms with Crippen LogP contribution in [0.5, 0.6) is 0 Å². The highest BCUT2D eigenvalue weighted by Gasteiger charge is 2.15. The van der Waals surface area contributed by atoms with Gasteiger partial charge in [-0.05, 0) is 13.8 Å². The molecule has 0 fully saturated rings. The van der Waals surface area contributed by atoms with Crippen molar-refractivity contribution < 1.29 is 8.42 Å². The second-order valence-electron chi connectivity index (χ2n) is 4.95. The lowest BCUT2D eigenvalue weighted by molar-refractivity contribution is 0.579. The van der Waals surface area contributed by atoms with Crippen LogP contribution in [-0.4, -0.2) is 47.6 Å². The van der Waals surface area contributed by atoms with Gasteiger partial charge >= 0.3 is 0 Å². The molecule has 0 bridgehead atoms. The predicted molar refractivity (Wildman–Crippen MR) is 87.8 cm³/mol. The Balaban J connectivity index is 1.88. The average molecular weight is 339 g/mol. The first-order chi connectivity index (χ1) is 10.9. The maximum atomic E-state index is 12.0. The molecule has 2 aromatic rings. The van der Waals surface area contributed by atoms with Gasteiger partial charge in [-0.1, -0.05) is 0 Å². The van der Waals surface area contributed by atoms with Crippen molar-refractivity contribution in [3.05, 3.63) is 24.3 Å². The highest BCUT2D eigenvalue weighted by Crippen LogP contribution is 2.09. The van der Waals surface area contributed by atoms with E-state index in [9.17, 15) is 8.42 Å². The molecule has 2 aromatic heterocycles. The number of sulfonamides is 1. The molecular formula is C13H21N7O2S. The van der Waals surface area contributed by atoms with Gasteiger partial charge in [-0.2, -0.15) is 4.98 Å². The Bertz CT molecular complexity index is 757. The number of anilines is 2. The summed E-state index contributed by atoms with van der Waals surface area (Å²) in [7, 11) is -1.87. The minimum absolute atomic E-state index is 0.00677. The molecule has 0 aliphatic carbocycles. The van der Waals surface area contributed by atoms with Gasteiger partial charge in [0.15, 0.2) is 5.03 Å². The topological polar surface area (TPSA) is 114 Å². The molecule has 23 heavy (non-hydrogen) atoms. The van der Waals surface area contributed by atoms with Crippen LogP contribution in [0.25, 0.3) is 0 Å². The smallest absolute Gasteiger partial charge is 0.259 e. The minimum atomic E-state index is -3.59. The largest absolute Gasteiger partial charge is 0.369 e. The second-order valence-corrected chi connectivity index (χ2v) is 6.66. The molecule has 2 heterocycles. The zero-order valence-corrected chi connectivity index (χ0v) is 14.2. The first-order valence-corrected chi connectivity index (χ1v) is 8.70. The maximum Gasteiger partial charge on any atom is 0.259 e. The first-order valence-electron chi connectivity index (χ1n) is 7.22. The molecule has 126 valence electrons. The van der Waals surface area contributed by atoms with Gasteiger partial charge in [-0.3, -0.25) is 0 Å². The van der Waals surface area contributed by atoms with Gasteiger partial charge in [0.2, 0.25) is 5.95 Å². The zero-order chi connectivity index (χ0) is 16.9. The van der Waals surface area contributed by atoms with Crippen LogP contribution in [0.4, 0.5) is 11.8 Å². The fourth-order valence-electron chi connectivity index (χ4n) is 1.87. The predicted octanol–water partition coefficient (Wildman–Crippen LogP) is 0.341. The molecule has 0 aromatic carbocycles. The zero-order valence-electron chi connectivity index (χ0n) is 13.4. The van der Waals surface area contributed by atoms with Crippen molar-refractivity contribution in [3.8, 4) is 0 Å². The SMILES string of the molecule is CCNc1nc(C)cc(NCCNS(=O)(=O)c2cn(C)cn2)n1. The average Bonchev–Trinajstić information content (AvgIpc) is 2.91. The molecular weight excluding hydrogens is 318 g/mol. The number of nitrogens with one attached hydrogen (secondary N) is 3. The molecule has 0 unspecified atom stereocenters. The summed E-state index contributed by atoms with van der Waals surface area (Å²) >= 11 is 0. The maximum absolute atomic E-state index is 12.0. The van der Waals surface area contributed by atoms with Gasteiger partial charge in [0.05, 0.1) is 6.33 Å². The molecule has 0 saturated heterocycles. The van der Waals surface area contributed by atoms with E-state index in [1.54, 1.807) is 17.7 Å². The van der Waals surface area contributed by atoms with E-state index in [-0.39, 0.29) is 11.6 Å². The highest BCUT2D eigenvalue weighted by molar-refractivity contribution is 7.89. The molecule has 0 radical (unpaired) electrons. The Kier molecular flexibility index (Phi) is 5.50. The van der Waals surface area contributed by atoms with E-state index in [0.717, 1.165) is 12.2 Å². The van der Waals surface area contributed by atoms with Crippen molar-refractivity contribution in [3.63, 3.8) is 0 Å². The molecule has 0 atom stereocenters. The van der Waals surface area contributed by atoms with Crippen molar-refractivity contribution in [2.24, 2.45) is 7.05 Å². The van der Waals surface area contributed by atoms with E-state index >= 15 is 0 Å². The highest BCUT2D eigenvalue weighted by atomic mass is 32.2. The molecule has 3 N–H and O–H groups in total. The van der Waals surface area contributed by atoms with E-state index in [4.69, 9.17) is 0 Å². The van der Waals surface area contributed by atoms with Crippen LogP contribution in [0.3, 0.4) is 0 Å². The number of aromatic nitrogens is 4. The summed E-state index contributed by atoms with van der Waals surface area (Å²) in [6, 6.07) is 1.80. The van der Waals surface area contributed by atoms with E-state index in [0.29, 0.717) is 18.3 Å². The fourth-order valence-corrected chi connectivity index (χ4v) is 2.88. The van der Waals surface area contributed by atoms with E-state index < -0.39 is 10.0 Å². The van der Waals surface area contributed by atoms with Crippen LogP contribution in [0.2, 0.25) is 0 Å². The molecule has 0 amide bonds. The van der Waals surface area contributed by atoms with Crippen LogP contribution in [0.15, 0.2) is 23.6 Å². The number of aryl methyl sites for hydroxylation is 2. The minimum Gasteiger partial charge on any atom is -0.369 e. The molecule has 10 heteroatoms. The van der Waals surface area contributed by atoms with Crippen molar-refractivity contribution in [1.82, 2.24) is 24.2 Å². The van der Waals surface area contributed by atoms with Crippen molar-refractivity contribution in [2.45, 2.75) is 18.9 Å². The lowest BCUT2D eigenvalue weighted by Gasteiger charge is -2.09. The summed E-state index contributed by atoms with van der Waals surface area (Å²) in [6.45, 7) is 5.18. The van der Waals surface area contributed by atoms with Gasteiger partial charge in [0.25, 0.3) is 10.0 Å². The monoisotopic (exact) mass is 339 g/mol. The van der Waals surface area contributed by atoms with E-state index in [1.807, 2.05) is 13.8 Å².